The van der Waals surface area contributed by atoms with Crippen LogP contribution in [0, 0.1) is 0 Å². The predicted octanol–water partition coefficient (Wildman–Crippen LogP) is 0.707. The Morgan fingerprint density at radius 1 is 1.58 bits per heavy atom. The van der Waals surface area contributed by atoms with Gasteiger partial charge in [0.15, 0.2) is 0 Å². The molecule has 12 heavy (non-hydrogen) atoms. The van der Waals surface area contributed by atoms with Crippen LogP contribution in [-0.4, -0.2) is 13.0 Å². The van der Waals surface area contributed by atoms with Gasteiger partial charge in [-0.1, -0.05) is 18.2 Å². The van der Waals surface area contributed by atoms with Crippen molar-refractivity contribution in [3.05, 3.63) is 36.6 Å². The molecular weight excluding hydrogens is 152 g/mol. The van der Waals surface area contributed by atoms with E-state index in [2.05, 4.69) is 11.9 Å². The number of carbonyl (C=O) groups excluding carboxylic acids is 1. The van der Waals surface area contributed by atoms with E-state index in [4.69, 9.17) is 5.73 Å². The molecule has 0 aliphatic heterocycles. The molecule has 3 N–H and O–H groups in total. The van der Waals surface area contributed by atoms with Gasteiger partial charge in [-0.3, -0.25) is 4.79 Å². The lowest BCUT2D eigenvalue weighted by Crippen LogP contribution is -2.09. The Morgan fingerprint density at radius 2 is 2.33 bits per heavy atom. The molecule has 0 saturated heterocycles. The summed E-state index contributed by atoms with van der Waals surface area (Å²) in [7, 11) is 0. The van der Waals surface area contributed by atoms with Gasteiger partial charge < -0.3 is 11.1 Å². The summed E-state index contributed by atoms with van der Waals surface area (Å²) < 4.78 is 0. The highest BCUT2D eigenvalue weighted by atomic mass is 16.1. The monoisotopic (exact) mass is 166 g/mol. The zero-order chi connectivity index (χ0) is 9.23. The fourth-order valence-electron chi connectivity index (χ4n) is 0.599. The Balaban J connectivity index is 3.65. The van der Waals surface area contributed by atoms with Gasteiger partial charge in [-0.2, -0.15) is 0 Å². The molecule has 1 amide bonds. The molecular formula is C9H14N2O. The average molecular weight is 166 g/mol. The minimum absolute atomic E-state index is 0.506. The molecule has 0 aliphatic carbocycles. The maximum atomic E-state index is 9.82. The topological polar surface area (TPSA) is 55.1 Å². The molecule has 0 bridgehead atoms. The minimum atomic E-state index is 0.506. The Morgan fingerprint density at radius 3 is 2.92 bits per heavy atom. The second-order valence-corrected chi connectivity index (χ2v) is 2.16. The van der Waals surface area contributed by atoms with E-state index in [0.29, 0.717) is 18.7 Å². The van der Waals surface area contributed by atoms with Crippen LogP contribution in [0.3, 0.4) is 0 Å². The molecule has 66 valence electrons. The molecule has 3 heteroatoms. The standard InChI is InChI=1S/C9H14N2O/c1-2-3-5-9(10)6-4-7-11-8-12/h2,4-6,8H,1,3,7,10H2,(H,11,12)/b6-4-,9-5+. The molecule has 0 heterocycles. The molecule has 0 spiro atoms. The highest BCUT2D eigenvalue weighted by Gasteiger charge is 1.79. The third-order valence-electron chi connectivity index (χ3n) is 1.15. The van der Waals surface area contributed by atoms with E-state index in [1.807, 2.05) is 6.08 Å². The number of carbonyl (C=O) groups is 1. The summed E-state index contributed by atoms with van der Waals surface area (Å²) in [6, 6.07) is 0. The maximum Gasteiger partial charge on any atom is 0.207 e. The van der Waals surface area contributed by atoms with Gasteiger partial charge >= 0.3 is 0 Å². The van der Waals surface area contributed by atoms with Gasteiger partial charge in [-0.25, -0.2) is 0 Å². The lowest BCUT2D eigenvalue weighted by molar-refractivity contribution is -0.109. The van der Waals surface area contributed by atoms with Crippen LogP contribution in [0.15, 0.2) is 36.6 Å². The van der Waals surface area contributed by atoms with Crippen molar-refractivity contribution < 1.29 is 4.79 Å². The number of hydrogen-bond donors (Lipinski definition) is 2. The minimum Gasteiger partial charge on any atom is -0.399 e. The highest BCUT2D eigenvalue weighted by Crippen LogP contribution is 1.90. The van der Waals surface area contributed by atoms with E-state index in [1.165, 1.54) is 0 Å². The number of nitrogens with two attached hydrogens (primary N) is 1. The van der Waals surface area contributed by atoms with Crippen LogP contribution in [0.5, 0.6) is 0 Å². The van der Waals surface area contributed by atoms with Crippen molar-refractivity contribution in [3.8, 4) is 0 Å². The van der Waals surface area contributed by atoms with E-state index in [9.17, 15) is 4.79 Å². The zero-order valence-corrected chi connectivity index (χ0v) is 6.99. The average Bonchev–Trinajstić information content (AvgIpc) is 2.09. The number of allylic oxidation sites excluding steroid dienone is 3. The summed E-state index contributed by atoms with van der Waals surface area (Å²) >= 11 is 0. The summed E-state index contributed by atoms with van der Waals surface area (Å²) in [4.78, 5) is 9.82. The second-order valence-electron chi connectivity index (χ2n) is 2.16. The van der Waals surface area contributed by atoms with Crippen LogP contribution in [0.1, 0.15) is 6.42 Å². The summed E-state index contributed by atoms with van der Waals surface area (Å²) in [5.41, 5.74) is 6.24. The van der Waals surface area contributed by atoms with Crippen LogP contribution in [0.25, 0.3) is 0 Å². The predicted molar refractivity (Wildman–Crippen MR) is 50.3 cm³/mol. The quantitative estimate of drug-likeness (QED) is 0.264. The molecule has 0 rings (SSSR count). The molecule has 0 aromatic heterocycles. The van der Waals surface area contributed by atoms with Gasteiger partial charge in [0.25, 0.3) is 0 Å². The van der Waals surface area contributed by atoms with E-state index in [-0.39, 0.29) is 0 Å². The Bertz CT molecular complexity index is 195. The van der Waals surface area contributed by atoms with Crippen molar-refractivity contribution >= 4 is 6.41 Å². The zero-order valence-electron chi connectivity index (χ0n) is 6.99. The molecule has 0 radical (unpaired) electrons. The SMILES string of the molecule is C=CC/C=C(N)\C=C/CNC=O. The summed E-state index contributed by atoms with van der Waals surface area (Å²) in [5, 5.41) is 2.49. The van der Waals surface area contributed by atoms with Gasteiger partial charge in [0, 0.05) is 12.2 Å². The highest BCUT2D eigenvalue weighted by molar-refractivity contribution is 5.46. The first-order valence-electron chi connectivity index (χ1n) is 3.71. The Labute approximate surface area is 72.6 Å². The number of rotatable bonds is 6. The van der Waals surface area contributed by atoms with Crippen LogP contribution < -0.4 is 11.1 Å². The normalized spacial score (nSPS) is 11.5. The van der Waals surface area contributed by atoms with Crippen molar-refractivity contribution in [1.82, 2.24) is 5.32 Å². The van der Waals surface area contributed by atoms with E-state index < -0.39 is 0 Å². The maximum absolute atomic E-state index is 9.82. The Kier molecular flexibility index (Phi) is 6.64. The van der Waals surface area contributed by atoms with Crippen LogP contribution >= 0.6 is 0 Å². The van der Waals surface area contributed by atoms with Crippen molar-refractivity contribution in [2.45, 2.75) is 6.42 Å². The van der Waals surface area contributed by atoms with Crippen molar-refractivity contribution in [1.29, 1.82) is 0 Å². The first-order chi connectivity index (χ1) is 5.81. The fraction of sp³-hybridized carbons (Fsp3) is 0.222. The van der Waals surface area contributed by atoms with Gasteiger partial charge in [-0.15, -0.1) is 6.58 Å². The molecule has 0 fully saturated rings. The van der Waals surface area contributed by atoms with Crippen molar-refractivity contribution in [2.24, 2.45) is 5.73 Å². The molecule has 0 saturated carbocycles. The van der Waals surface area contributed by atoms with Gasteiger partial charge in [0.1, 0.15) is 0 Å². The molecule has 0 aromatic carbocycles. The molecule has 0 atom stereocenters. The first kappa shape index (κ1) is 10.5. The van der Waals surface area contributed by atoms with E-state index in [0.717, 1.165) is 6.42 Å². The molecule has 0 unspecified atom stereocenters. The number of hydrogen-bond acceptors (Lipinski definition) is 2. The van der Waals surface area contributed by atoms with Crippen LogP contribution in [-0.2, 0) is 4.79 Å². The lowest BCUT2D eigenvalue weighted by Gasteiger charge is -1.91. The van der Waals surface area contributed by atoms with Crippen molar-refractivity contribution in [3.63, 3.8) is 0 Å². The third-order valence-corrected chi connectivity index (χ3v) is 1.15. The third kappa shape index (κ3) is 6.61. The van der Waals surface area contributed by atoms with Gasteiger partial charge in [0.05, 0.1) is 0 Å². The van der Waals surface area contributed by atoms with E-state index in [1.54, 1.807) is 18.2 Å². The number of amides is 1. The molecule has 0 aromatic rings. The van der Waals surface area contributed by atoms with E-state index >= 15 is 0 Å². The molecule has 3 nitrogen and oxygen atoms in total. The second kappa shape index (κ2) is 7.60. The summed E-state index contributed by atoms with van der Waals surface area (Å²) in [6.45, 7) is 4.07. The van der Waals surface area contributed by atoms with Crippen LogP contribution in [0.2, 0.25) is 0 Å². The van der Waals surface area contributed by atoms with Crippen molar-refractivity contribution in [2.75, 3.05) is 6.54 Å². The van der Waals surface area contributed by atoms with Crippen LogP contribution in [0.4, 0.5) is 0 Å². The summed E-state index contributed by atoms with van der Waals surface area (Å²) in [5.74, 6) is 0. The lowest BCUT2D eigenvalue weighted by atomic mass is 10.3. The number of nitrogens with one attached hydrogen (secondary N) is 1. The molecule has 0 aliphatic rings. The Hall–Kier alpha value is -1.51. The largest absolute Gasteiger partial charge is 0.399 e. The fourth-order valence-corrected chi connectivity index (χ4v) is 0.599. The van der Waals surface area contributed by atoms with Gasteiger partial charge in [-0.05, 0) is 12.5 Å². The smallest absolute Gasteiger partial charge is 0.207 e. The summed E-state index contributed by atoms with van der Waals surface area (Å²) in [6.07, 6.45) is 8.56. The van der Waals surface area contributed by atoms with Gasteiger partial charge in [0.2, 0.25) is 6.41 Å². The first-order valence-corrected chi connectivity index (χ1v) is 3.71.